The van der Waals surface area contributed by atoms with Crippen LogP contribution in [0.5, 0.6) is 0 Å². The van der Waals surface area contributed by atoms with Gasteiger partial charge in [-0.1, -0.05) is 12.1 Å². The zero-order valence-corrected chi connectivity index (χ0v) is 18.5. The van der Waals surface area contributed by atoms with Gasteiger partial charge in [0.1, 0.15) is 0 Å². The Morgan fingerprint density at radius 2 is 1.59 bits per heavy atom. The highest BCUT2D eigenvalue weighted by Crippen LogP contribution is 2.29. The lowest BCUT2D eigenvalue weighted by atomic mass is 10.1. The van der Waals surface area contributed by atoms with Crippen molar-refractivity contribution in [3.63, 3.8) is 0 Å². The first-order valence-corrected chi connectivity index (χ1v) is 11.7. The summed E-state index contributed by atoms with van der Waals surface area (Å²) in [4.78, 5) is 28.8. The molecular formula is C25H25N3O3S. The van der Waals surface area contributed by atoms with E-state index < -0.39 is 0 Å². The van der Waals surface area contributed by atoms with Gasteiger partial charge in [-0.2, -0.15) is 0 Å². The maximum absolute atomic E-state index is 12.7. The average molecular weight is 448 g/mol. The molecule has 0 bridgehead atoms. The van der Waals surface area contributed by atoms with Crippen LogP contribution >= 0.6 is 11.3 Å². The molecule has 32 heavy (non-hydrogen) atoms. The van der Waals surface area contributed by atoms with E-state index >= 15 is 0 Å². The van der Waals surface area contributed by atoms with Crippen molar-refractivity contribution in [1.29, 1.82) is 0 Å². The highest BCUT2D eigenvalue weighted by Gasteiger charge is 2.23. The molecule has 1 saturated carbocycles. The third kappa shape index (κ3) is 4.84. The minimum absolute atomic E-state index is 0.0232. The third-order valence-electron chi connectivity index (χ3n) is 5.68. The second kappa shape index (κ2) is 9.14. The summed E-state index contributed by atoms with van der Waals surface area (Å²) in [7, 11) is 0. The van der Waals surface area contributed by atoms with E-state index in [-0.39, 0.29) is 11.8 Å². The minimum Gasteiger partial charge on any atom is -0.378 e. The summed E-state index contributed by atoms with van der Waals surface area (Å²) in [5, 5.41) is 5.97. The first-order chi connectivity index (χ1) is 15.7. The fourth-order valence-corrected chi connectivity index (χ4v) is 4.57. The zero-order valence-electron chi connectivity index (χ0n) is 17.7. The van der Waals surface area contributed by atoms with Crippen molar-refractivity contribution >= 4 is 34.5 Å². The number of amides is 2. The number of morpholine rings is 1. The first-order valence-electron chi connectivity index (χ1n) is 10.9. The second-order valence-electron chi connectivity index (χ2n) is 8.09. The molecule has 2 aromatic carbocycles. The molecule has 164 valence electrons. The van der Waals surface area contributed by atoms with Crippen molar-refractivity contribution < 1.29 is 14.3 Å². The van der Waals surface area contributed by atoms with Gasteiger partial charge in [0.25, 0.3) is 11.8 Å². The monoisotopic (exact) mass is 447 g/mol. The molecule has 3 aromatic rings. The van der Waals surface area contributed by atoms with Crippen LogP contribution in [0, 0.1) is 0 Å². The highest BCUT2D eigenvalue weighted by atomic mass is 32.1. The third-order valence-corrected chi connectivity index (χ3v) is 6.81. The number of hydrogen-bond acceptors (Lipinski definition) is 5. The van der Waals surface area contributed by atoms with Gasteiger partial charge in [0.05, 0.1) is 18.1 Å². The Labute approximate surface area is 191 Å². The molecule has 7 heteroatoms. The number of nitrogens with zero attached hydrogens (tertiary/aromatic N) is 1. The van der Waals surface area contributed by atoms with Gasteiger partial charge in [-0.05, 0) is 66.9 Å². The summed E-state index contributed by atoms with van der Waals surface area (Å²) in [6.45, 7) is 3.26. The molecule has 1 saturated heterocycles. The number of rotatable bonds is 6. The maximum atomic E-state index is 12.7. The Hall–Kier alpha value is -3.16. The summed E-state index contributed by atoms with van der Waals surface area (Å²) >= 11 is 1.44. The van der Waals surface area contributed by atoms with E-state index in [9.17, 15) is 9.59 Å². The fraction of sp³-hybridized carbons (Fsp3) is 0.280. The van der Waals surface area contributed by atoms with Gasteiger partial charge >= 0.3 is 0 Å². The molecule has 1 aliphatic carbocycles. The summed E-state index contributed by atoms with van der Waals surface area (Å²) < 4.78 is 5.40. The number of anilines is 2. The Bertz CT molecular complexity index is 1100. The normalized spacial score (nSPS) is 15.9. The first kappa shape index (κ1) is 20.7. The lowest BCUT2D eigenvalue weighted by Crippen LogP contribution is -2.36. The molecule has 6 nitrogen and oxygen atoms in total. The number of thiophene rings is 1. The van der Waals surface area contributed by atoms with E-state index in [4.69, 9.17) is 4.74 Å². The summed E-state index contributed by atoms with van der Waals surface area (Å²) in [6, 6.07) is 19.6. The number of ether oxygens (including phenoxy) is 1. The van der Waals surface area contributed by atoms with Crippen molar-refractivity contribution in [2.24, 2.45) is 0 Å². The average Bonchev–Trinajstić information content (AvgIpc) is 3.51. The molecule has 2 fully saturated rings. The molecule has 2 heterocycles. The van der Waals surface area contributed by atoms with Crippen molar-refractivity contribution in [3.8, 4) is 10.4 Å². The Balaban J connectivity index is 1.21. The van der Waals surface area contributed by atoms with Crippen molar-refractivity contribution in [2.45, 2.75) is 18.9 Å². The van der Waals surface area contributed by atoms with Gasteiger partial charge in [0.2, 0.25) is 0 Å². The van der Waals surface area contributed by atoms with Gasteiger partial charge in [-0.3, -0.25) is 9.59 Å². The van der Waals surface area contributed by atoms with Crippen LogP contribution in [0.15, 0.2) is 60.7 Å². The Kier molecular flexibility index (Phi) is 5.92. The van der Waals surface area contributed by atoms with Crippen LogP contribution in [0.1, 0.15) is 32.9 Å². The largest absolute Gasteiger partial charge is 0.378 e. The zero-order chi connectivity index (χ0) is 21.9. The summed E-state index contributed by atoms with van der Waals surface area (Å²) in [5.74, 6) is -0.147. The van der Waals surface area contributed by atoms with Crippen LogP contribution < -0.4 is 15.5 Å². The molecule has 5 rings (SSSR count). The van der Waals surface area contributed by atoms with Crippen LogP contribution in [-0.4, -0.2) is 44.2 Å². The van der Waals surface area contributed by atoms with Gasteiger partial charge in [0.15, 0.2) is 0 Å². The van der Waals surface area contributed by atoms with E-state index in [1.807, 2.05) is 60.7 Å². The lowest BCUT2D eigenvalue weighted by Gasteiger charge is -2.28. The van der Waals surface area contributed by atoms with Crippen LogP contribution in [0.2, 0.25) is 0 Å². The molecule has 2 N–H and O–H groups in total. The minimum atomic E-state index is -0.124. The van der Waals surface area contributed by atoms with Crippen molar-refractivity contribution in [1.82, 2.24) is 5.32 Å². The molecule has 0 spiro atoms. The Morgan fingerprint density at radius 1 is 0.875 bits per heavy atom. The smallest absolute Gasteiger partial charge is 0.265 e. The van der Waals surface area contributed by atoms with Crippen LogP contribution in [0.4, 0.5) is 11.4 Å². The van der Waals surface area contributed by atoms with Gasteiger partial charge in [-0.25, -0.2) is 0 Å². The number of carbonyl (C=O) groups is 2. The van der Waals surface area contributed by atoms with E-state index in [0.29, 0.717) is 16.5 Å². The van der Waals surface area contributed by atoms with Gasteiger partial charge in [0, 0.05) is 40.9 Å². The fourth-order valence-electron chi connectivity index (χ4n) is 3.67. The molecular weight excluding hydrogens is 422 g/mol. The second-order valence-corrected chi connectivity index (χ2v) is 9.17. The number of carbonyl (C=O) groups excluding carboxylic acids is 2. The number of hydrogen-bond donors (Lipinski definition) is 2. The molecule has 0 radical (unpaired) electrons. The molecule has 0 atom stereocenters. The lowest BCUT2D eigenvalue weighted by molar-refractivity contribution is 0.0950. The van der Waals surface area contributed by atoms with Crippen molar-refractivity contribution in [2.75, 3.05) is 36.5 Å². The predicted molar refractivity (Wildman–Crippen MR) is 128 cm³/mol. The van der Waals surface area contributed by atoms with Crippen LogP contribution in [-0.2, 0) is 4.74 Å². The number of benzene rings is 2. The quantitative estimate of drug-likeness (QED) is 0.588. The predicted octanol–water partition coefficient (Wildman–Crippen LogP) is 4.40. The van der Waals surface area contributed by atoms with E-state index in [0.717, 1.165) is 61.0 Å². The number of nitrogens with one attached hydrogen (secondary N) is 2. The highest BCUT2D eigenvalue weighted by molar-refractivity contribution is 7.17. The molecule has 2 aliphatic rings. The Morgan fingerprint density at radius 3 is 2.28 bits per heavy atom. The standard InChI is InChI=1S/C25H25N3O3S/c29-24(26-19-5-6-19)18-3-1-17(2-4-18)22-11-12-23(32-22)25(30)27-20-7-9-21(10-8-20)28-13-15-31-16-14-28/h1-4,7-12,19H,5-6,13-16H2,(H,26,29)(H,27,30). The van der Waals surface area contributed by atoms with E-state index in [1.54, 1.807) is 0 Å². The van der Waals surface area contributed by atoms with Crippen LogP contribution in [0.3, 0.4) is 0 Å². The van der Waals surface area contributed by atoms with Gasteiger partial charge in [-0.15, -0.1) is 11.3 Å². The SMILES string of the molecule is O=C(NC1CC1)c1ccc(-c2ccc(C(=O)Nc3ccc(N4CCOCC4)cc3)s2)cc1. The summed E-state index contributed by atoms with van der Waals surface area (Å²) in [6.07, 6.45) is 2.14. The molecule has 1 aliphatic heterocycles. The van der Waals surface area contributed by atoms with Gasteiger partial charge < -0.3 is 20.3 Å². The van der Waals surface area contributed by atoms with Crippen LogP contribution in [0.25, 0.3) is 10.4 Å². The topological polar surface area (TPSA) is 70.7 Å². The van der Waals surface area contributed by atoms with E-state index in [2.05, 4.69) is 15.5 Å². The molecule has 2 amide bonds. The molecule has 1 aromatic heterocycles. The maximum Gasteiger partial charge on any atom is 0.265 e. The molecule has 0 unspecified atom stereocenters. The van der Waals surface area contributed by atoms with Crippen molar-refractivity contribution in [3.05, 3.63) is 71.1 Å². The van der Waals surface area contributed by atoms with E-state index in [1.165, 1.54) is 11.3 Å². The summed E-state index contributed by atoms with van der Waals surface area (Å²) in [5.41, 5.74) is 3.56.